The van der Waals surface area contributed by atoms with Gasteiger partial charge >= 0.3 is 6.03 Å². The van der Waals surface area contributed by atoms with Crippen molar-refractivity contribution < 1.29 is 9.53 Å². The van der Waals surface area contributed by atoms with E-state index in [9.17, 15) is 4.79 Å². The molecule has 0 fully saturated rings. The lowest BCUT2D eigenvalue weighted by Gasteiger charge is -2.08. The minimum Gasteiger partial charge on any atom is -0.494 e. The molecule has 6 nitrogen and oxygen atoms in total. The first-order chi connectivity index (χ1) is 11.3. The van der Waals surface area contributed by atoms with Crippen LogP contribution in [-0.4, -0.2) is 29.4 Å². The van der Waals surface area contributed by atoms with Crippen LogP contribution in [-0.2, 0) is 0 Å². The third-order valence-electron chi connectivity index (χ3n) is 3.32. The molecule has 3 N–H and O–H groups in total. The molecule has 1 aromatic heterocycles. The normalized spacial score (nSPS) is 10.4. The minimum atomic E-state index is -0.233. The molecule has 6 heteroatoms. The molecule has 0 unspecified atom stereocenters. The van der Waals surface area contributed by atoms with Gasteiger partial charge in [0.05, 0.1) is 18.3 Å². The van der Waals surface area contributed by atoms with Crippen LogP contribution in [0.1, 0.15) is 6.42 Å². The third kappa shape index (κ3) is 4.23. The number of amides is 2. The summed E-state index contributed by atoms with van der Waals surface area (Å²) in [4.78, 5) is 11.8. The Hall–Kier alpha value is -3.02. The monoisotopic (exact) mass is 310 g/mol. The van der Waals surface area contributed by atoms with E-state index in [0.717, 1.165) is 28.8 Å². The van der Waals surface area contributed by atoms with Crippen molar-refractivity contribution in [3.63, 3.8) is 0 Å². The Morgan fingerprint density at radius 3 is 2.91 bits per heavy atom. The molecular formula is C17H18N4O2. The Morgan fingerprint density at radius 1 is 1.17 bits per heavy atom. The molecule has 2 amide bonds. The van der Waals surface area contributed by atoms with Crippen molar-refractivity contribution in [2.75, 3.05) is 18.5 Å². The maximum absolute atomic E-state index is 11.8. The van der Waals surface area contributed by atoms with Gasteiger partial charge in [0.15, 0.2) is 0 Å². The summed E-state index contributed by atoms with van der Waals surface area (Å²) in [5.74, 6) is 0.838. The number of rotatable bonds is 6. The van der Waals surface area contributed by atoms with Gasteiger partial charge in [0, 0.05) is 17.6 Å². The Kier molecular flexibility index (Phi) is 4.73. The summed E-state index contributed by atoms with van der Waals surface area (Å²) >= 11 is 0. The van der Waals surface area contributed by atoms with E-state index < -0.39 is 0 Å². The molecule has 0 saturated carbocycles. The van der Waals surface area contributed by atoms with E-state index in [4.69, 9.17) is 4.74 Å². The average molecular weight is 310 g/mol. The zero-order chi connectivity index (χ0) is 15.9. The fourth-order valence-corrected chi connectivity index (χ4v) is 2.17. The quantitative estimate of drug-likeness (QED) is 0.612. The molecule has 3 rings (SSSR count). The number of aromatic nitrogens is 2. The maximum atomic E-state index is 11.8. The molecule has 23 heavy (non-hydrogen) atoms. The van der Waals surface area contributed by atoms with E-state index in [1.807, 2.05) is 48.5 Å². The second-order valence-corrected chi connectivity index (χ2v) is 5.07. The fraction of sp³-hybridized carbons (Fsp3) is 0.176. The molecule has 1 heterocycles. The summed E-state index contributed by atoms with van der Waals surface area (Å²) in [5.41, 5.74) is 1.61. The molecule has 0 atom stereocenters. The zero-order valence-electron chi connectivity index (χ0n) is 12.6. The van der Waals surface area contributed by atoms with Crippen LogP contribution in [0.25, 0.3) is 10.9 Å². The number of urea groups is 1. The van der Waals surface area contributed by atoms with E-state index >= 15 is 0 Å². The lowest BCUT2D eigenvalue weighted by molar-refractivity contribution is 0.250. The molecule has 118 valence electrons. The SMILES string of the molecule is O=C(NCCCOc1ccccc1)Nc1ccc2cn[nH]c2c1. The van der Waals surface area contributed by atoms with Crippen molar-refractivity contribution >= 4 is 22.6 Å². The van der Waals surface area contributed by atoms with Crippen LogP contribution < -0.4 is 15.4 Å². The molecule has 0 saturated heterocycles. The van der Waals surface area contributed by atoms with Crippen molar-refractivity contribution in [2.24, 2.45) is 0 Å². The van der Waals surface area contributed by atoms with E-state index in [1.54, 1.807) is 6.20 Å². The molecular weight excluding hydrogens is 292 g/mol. The van der Waals surface area contributed by atoms with Crippen LogP contribution >= 0.6 is 0 Å². The standard InChI is InChI=1S/C17H18N4O2/c22-17(18-9-4-10-23-15-5-2-1-3-6-15)20-14-8-7-13-12-19-21-16(13)11-14/h1-3,5-8,11-12H,4,9-10H2,(H,19,21)(H2,18,20,22). The number of hydrogen-bond donors (Lipinski definition) is 3. The van der Waals surface area contributed by atoms with Gasteiger partial charge in [-0.3, -0.25) is 5.10 Å². The summed E-state index contributed by atoms with van der Waals surface area (Å²) in [7, 11) is 0. The average Bonchev–Trinajstić information content (AvgIpc) is 3.03. The van der Waals surface area contributed by atoms with Crippen LogP contribution in [0.3, 0.4) is 0 Å². The van der Waals surface area contributed by atoms with Crippen molar-refractivity contribution in [1.82, 2.24) is 15.5 Å². The van der Waals surface area contributed by atoms with Gasteiger partial charge in [-0.05, 0) is 36.8 Å². The summed E-state index contributed by atoms with van der Waals surface area (Å²) in [6.45, 7) is 1.11. The first-order valence-electron chi connectivity index (χ1n) is 7.47. The van der Waals surface area contributed by atoms with E-state index in [1.165, 1.54) is 0 Å². The number of anilines is 1. The van der Waals surface area contributed by atoms with E-state index in [0.29, 0.717) is 13.2 Å². The zero-order valence-corrected chi connectivity index (χ0v) is 12.6. The molecule has 2 aromatic carbocycles. The third-order valence-corrected chi connectivity index (χ3v) is 3.32. The number of H-pyrrole nitrogens is 1. The Balaban J connectivity index is 1.37. The summed E-state index contributed by atoms with van der Waals surface area (Å²) in [6.07, 6.45) is 2.48. The Morgan fingerprint density at radius 2 is 2.04 bits per heavy atom. The smallest absolute Gasteiger partial charge is 0.319 e. The number of nitrogens with zero attached hydrogens (tertiary/aromatic N) is 1. The maximum Gasteiger partial charge on any atom is 0.319 e. The largest absolute Gasteiger partial charge is 0.494 e. The molecule has 0 bridgehead atoms. The van der Waals surface area contributed by atoms with Gasteiger partial charge in [0.2, 0.25) is 0 Å². The highest BCUT2D eigenvalue weighted by Gasteiger charge is 2.03. The van der Waals surface area contributed by atoms with Crippen LogP contribution in [0.15, 0.2) is 54.7 Å². The number of carbonyl (C=O) groups is 1. The number of carbonyl (C=O) groups excluding carboxylic acids is 1. The predicted molar refractivity (Wildman–Crippen MR) is 89.7 cm³/mol. The lowest BCUT2D eigenvalue weighted by Crippen LogP contribution is -2.30. The summed E-state index contributed by atoms with van der Waals surface area (Å²) in [5, 5.41) is 13.4. The van der Waals surface area contributed by atoms with Crippen LogP contribution in [0.2, 0.25) is 0 Å². The fourth-order valence-electron chi connectivity index (χ4n) is 2.17. The van der Waals surface area contributed by atoms with E-state index in [2.05, 4.69) is 20.8 Å². The molecule has 3 aromatic rings. The number of fused-ring (bicyclic) bond motifs is 1. The molecule has 0 aliphatic rings. The molecule has 0 aliphatic heterocycles. The van der Waals surface area contributed by atoms with Gasteiger partial charge in [0.25, 0.3) is 0 Å². The minimum absolute atomic E-state index is 0.233. The molecule has 0 spiro atoms. The van der Waals surface area contributed by atoms with Gasteiger partial charge in [-0.25, -0.2) is 4.79 Å². The van der Waals surface area contributed by atoms with Crippen molar-refractivity contribution in [3.8, 4) is 5.75 Å². The number of aromatic amines is 1. The lowest BCUT2D eigenvalue weighted by atomic mass is 10.2. The van der Waals surface area contributed by atoms with Crippen molar-refractivity contribution in [2.45, 2.75) is 6.42 Å². The van der Waals surface area contributed by atoms with Gasteiger partial charge < -0.3 is 15.4 Å². The van der Waals surface area contributed by atoms with Gasteiger partial charge in [-0.1, -0.05) is 18.2 Å². The molecule has 0 aliphatic carbocycles. The number of para-hydroxylation sites is 1. The summed E-state index contributed by atoms with van der Waals surface area (Å²) in [6, 6.07) is 15.0. The Bertz CT molecular complexity index is 770. The van der Waals surface area contributed by atoms with Gasteiger partial charge in [-0.2, -0.15) is 5.10 Å². The second-order valence-electron chi connectivity index (χ2n) is 5.07. The first kappa shape index (κ1) is 14.9. The van der Waals surface area contributed by atoms with Crippen molar-refractivity contribution in [3.05, 3.63) is 54.7 Å². The van der Waals surface area contributed by atoms with Crippen LogP contribution in [0.4, 0.5) is 10.5 Å². The van der Waals surface area contributed by atoms with Gasteiger partial charge in [-0.15, -0.1) is 0 Å². The highest BCUT2D eigenvalue weighted by molar-refractivity contribution is 5.92. The first-order valence-corrected chi connectivity index (χ1v) is 7.47. The number of ether oxygens (including phenoxy) is 1. The highest BCUT2D eigenvalue weighted by Crippen LogP contribution is 2.16. The van der Waals surface area contributed by atoms with E-state index in [-0.39, 0.29) is 6.03 Å². The highest BCUT2D eigenvalue weighted by atomic mass is 16.5. The molecule has 0 radical (unpaired) electrons. The Labute approximate surface area is 133 Å². The summed E-state index contributed by atoms with van der Waals surface area (Å²) < 4.78 is 5.56. The number of nitrogens with one attached hydrogen (secondary N) is 3. The van der Waals surface area contributed by atoms with Gasteiger partial charge in [0.1, 0.15) is 5.75 Å². The second kappa shape index (κ2) is 7.31. The van der Waals surface area contributed by atoms with Crippen LogP contribution in [0.5, 0.6) is 5.75 Å². The number of hydrogen-bond acceptors (Lipinski definition) is 3. The van der Waals surface area contributed by atoms with Crippen molar-refractivity contribution in [1.29, 1.82) is 0 Å². The topological polar surface area (TPSA) is 79.0 Å². The number of benzene rings is 2. The van der Waals surface area contributed by atoms with Crippen LogP contribution in [0, 0.1) is 0 Å². The predicted octanol–water partition coefficient (Wildman–Crippen LogP) is 3.15.